The van der Waals surface area contributed by atoms with E-state index in [0.717, 1.165) is 24.0 Å². The van der Waals surface area contributed by atoms with Crippen LogP contribution in [0, 0.1) is 17.3 Å². The van der Waals surface area contributed by atoms with Crippen molar-refractivity contribution in [3.8, 4) is 22.9 Å². The summed E-state index contributed by atoms with van der Waals surface area (Å²) in [6.45, 7) is 0. The molecule has 33 heavy (non-hydrogen) atoms. The summed E-state index contributed by atoms with van der Waals surface area (Å²) in [5.41, 5.74) is 3.38. The Bertz CT molecular complexity index is 1340. The lowest BCUT2D eigenvalue weighted by Crippen LogP contribution is -2.16. The van der Waals surface area contributed by atoms with Crippen molar-refractivity contribution < 1.29 is 9.13 Å². The van der Waals surface area contributed by atoms with Gasteiger partial charge in [0.05, 0.1) is 23.7 Å². The van der Waals surface area contributed by atoms with Crippen LogP contribution in [-0.2, 0) is 0 Å². The fourth-order valence-corrected chi connectivity index (χ4v) is 4.19. The summed E-state index contributed by atoms with van der Waals surface area (Å²) < 4.78 is 18.7. The fourth-order valence-electron chi connectivity index (χ4n) is 4.19. The van der Waals surface area contributed by atoms with Gasteiger partial charge in [0.1, 0.15) is 23.3 Å². The van der Waals surface area contributed by atoms with Crippen LogP contribution in [0.2, 0.25) is 0 Å². The van der Waals surface area contributed by atoms with Crippen LogP contribution in [0.3, 0.4) is 0 Å². The molecule has 3 aromatic heterocycles. The molecular formula is C24H22FN7O. The van der Waals surface area contributed by atoms with E-state index in [0.29, 0.717) is 45.8 Å². The second kappa shape index (κ2) is 8.74. The van der Waals surface area contributed by atoms with Gasteiger partial charge in [-0.3, -0.25) is 0 Å². The van der Waals surface area contributed by atoms with Crippen molar-refractivity contribution in [2.45, 2.75) is 31.7 Å². The largest absolute Gasteiger partial charge is 0.495 e. The molecule has 5 rings (SSSR count). The summed E-state index contributed by atoms with van der Waals surface area (Å²) in [6, 6.07) is 11.1. The van der Waals surface area contributed by atoms with Gasteiger partial charge in [-0.1, -0.05) is 18.9 Å². The first kappa shape index (κ1) is 20.7. The average Bonchev–Trinajstić information content (AvgIpc) is 3.49. The van der Waals surface area contributed by atoms with Crippen LogP contribution in [0.5, 0.6) is 5.75 Å². The molecule has 0 radical (unpaired) electrons. The maximum absolute atomic E-state index is 13.2. The molecule has 9 heteroatoms. The third-order valence-corrected chi connectivity index (χ3v) is 5.86. The van der Waals surface area contributed by atoms with E-state index in [2.05, 4.69) is 31.7 Å². The maximum atomic E-state index is 13.2. The van der Waals surface area contributed by atoms with Gasteiger partial charge >= 0.3 is 0 Å². The van der Waals surface area contributed by atoms with Crippen molar-refractivity contribution in [2.75, 3.05) is 17.7 Å². The summed E-state index contributed by atoms with van der Waals surface area (Å²) in [4.78, 5) is 16.0. The third kappa shape index (κ3) is 4.15. The lowest BCUT2D eigenvalue weighted by atomic mass is 10.1. The quantitative estimate of drug-likeness (QED) is 0.354. The van der Waals surface area contributed by atoms with Gasteiger partial charge in [-0.2, -0.15) is 19.6 Å². The van der Waals surface area contributed by atoms with Gasteiger partial charge in [0.25, 0.3) is 0 Å². The van der Waals surface area contributed by atoms with Crippen molar-refractivity contribution in [1.29, 1.82) is 5.26 Å². The van der Waals surface area contributed by atoms with Crippen LogP contribution in [0.25, 0.3) is 22.2 Å². The minimum absolute atomic E-state index is 0.329. The standard InChI is InChI=1S/C24H22FN7O/c1-33-19-10-14(15-7-9-20(25)27-12-15)6-8-18(19)30-24-31-22-21(16(11-26)13-28-22)23(32-24)29-17-4-2-3-5-17/h6-10,12-13,17H,2-5H2,1H3,(H3,28,29,30,31,32). The van der Waals surface area contributed by atoms with E-state index in [9.17, 15) is 9.65 Å². The Balaban J connectivity index is 1.49. The number of aromatic nitrogens is 4. The molecule has 0 atom stereocenters. The molecule has 3 N–H and O–H groups in total. The molecular weight excluding hydrogens is 421 g/mol. The number of nitrogens with zero attached hydrogens (tertiary/aromatic N) is 4. The zero-order valence-corrected chi connectivity index (χ0v) is 18.0. The number of methoxy groups -OCH3 is 1. The molecule has 4 aromatic rings. The van der Waals surface area contributed by atoms with E-state index in [4.69, 9.17) is 9.72 Å². The monoisotopic (exact) mass is 443 g/mol. The van der Waals surface area contributed by atoms with E-state index in [1.165, 1.54) is 25.1 Å². The summed E-state index contributed by atoms with van der Waals surface area (Å²) in [5.74, 6) is 1.07. The number of aromatic amines is 1. The SMILES string of the molecule is COc1cc(-c2ccc(F)nc2)ccc1Nc1nc(NC2CCCC2)c2c(C#N)c[nH]c2n1. The molecule has 0 aliphatic heterocycles. The molecule has 1 aliphatic rings. The number of hydrogen-bond acceptors (Lipinski definition) is 7. The van der Waals surface area contributed by atoms with E-state index >= 15 is 0 Å². The molecule has 0 spiro atoms. The lowest BCUT2D eigenvalue weighted by Gasteiger charge is -2.16. The number of fused-ring (bicyclic) bond motifs is 1. The van der Waals surface area contributed by atoms with Gasteiger partial charge < -0.3 is 20.4 Å². The van der Waals surface area contributed by atoms with Crippen LogP contribution in [0.4, 0.5) is 21.8 Å². The number of pyridine rings is 1. The Hall–Kier alpha value is -4.19. The Morgan fingerprint density at radius 2 is 1.97 bits per heavy atom. The molecule has 0 saturated heterocycles. The third-order valence-electron chi connectivity index (χ3n) is 5.86. The number of hydrogen-bond donors (Lipinski definition) is 3. The van der Waals surface area contributed by atoms with Gasteiger partial charge in [-0.15, -0.1) is 0 Å². The summed E-state index contributed by atoms with van der Waals surface area (Å²) in [7, 11) is 1.58. The second-order valence-corrected chi connectivity index (χ2v) is 7.97. The van der Waals surface area contributed by atoms with Crippen molar-refractivity contribution in [3.63, 3.8) is 0 Å². The molecule has 0 amide bonds. The van der Waals surface area contributed by atoms with E-state index in [1.807, 2.05) is 18.2 Å². The van der Waals surface area contributed by atoms with Crippen LogP contribution >= 0.6 is 0 Å². The van der Waals surface area contributed by atoms with Gasteiger partial charge in [0, 0.05) is 24.0 Å². The molecule has 1 aliphatic carbocycles. The first-order chi connectivity index (χ1) is 16.1. The molecule has 3 heterocycles. The molecule has 8 nitrogen and oxygen atoms in total. The van der Waals surface area contributed by atoms with Crippen LogP contribution in [0.15, 0.2) is 42.7 Å². The highest BCUT2D eigenvalue weighted by Crippen LogP contribution is 2.34. The number of halogens is 1. The van der Waals surface area contributed by atoms with E-state index in [1.54, 1.807) is 19.4 Å². The molecule has 166 valence electrons. The number of anilines is 3. The summed E-state index contributed by atoms with van der Waals surface area (Å²) >= 11 is 0. The highest BCUT2D eigenvalue weighted by atomic mass is 19.1. The summed E-state index contributed by atoms with van der Waals surface area (Å²) in [6.07, 6.45) is 7.65. The van der Waals surface area contributed by atoms with Gasteiger partial charge in [-0.05, 0) is 42.7 Å². The Labute approximate surface area is 189 Å². The first-order valence-corrected chi connectivity index (χ1v) is 10.8. The smallest absolute Gasteiger partial charge is 0.231 e. The predicted octanol–water partition coefficient (Wildman–Crippen LogP) is 5.14. The van der Waals surface area contributed by atoms with Gasteiger partial charge in [-0.25, -0.2) is 4.98 Å². The van der Waals surface area contributed by atoms with Gasteiger partial charge in [0.15, 0.2) is 0 Å². The molecule has 0 unspecified atom stereocenters. The van der Waals surface area contributed by atoms with Crippen molar-refractivity contribution in [2.24, 2.45) is 0 Å². The van der Waals surface area contributed by atoms with Crippen LogP contribution < -0.4 is 15.4 Å². The van der Waals surface area contributed by atoms with E-state index < -0.39 is 5.95 Å². The van der Waals surface area contributed by atoms with Gasteiger partial charge in [0.2, 0.25) is 11.9 Å². The Morgan fingerprint density at radius 3 is 2.70 bits per heavy atom. The van der Waals surface area contributed by atoms with Crippen molar-refractivity contribution in [1.82, 2.24) is 19.9 Å². The number of nitriles is 1. The molecule has 1 saturated carbocycles. The van der Waals surface area contributed by atoms with Crippen molar-refractivity contribution >= 4 is 28.5 Å². The minimum Gasteiger partial charge on any atom is -0.495 e. The lowest BCUT2D eigenvalue weighted by molar-refractivity contribution is 0.417. The molecule has 1 aromatic carbocycles. The Kier molecular flexibility index (Phi) is 5.48. The molecule has 0 bridgehead atoms. The second-order valence-electron chi connectivity index (χ2n) is 7.97. The Morgan fingerprint density at radius 1 is 1.15 bits per heavy atom. The number of nitrogens with one attached hydrogen (secondary N) is 3. The highest BCUT2D eigenvalue weighted by Gasteiger charge is 2.20. The highest BCUT2D eigenvalue weighted by molar-refractivity contribution is 5.93. The first-order valence-electron chi connectivity index (χ1n) is 10.8. The predicted molar refractivity (Wildman–Crippen MR) is 124 cm³/mol. The molecule has 1 fully saturated rings. The van der Waals surface area contributed by atoms with Crippen LogP contribution in [0.1, 0.15) is 31.2 Å². The van der Waals surface area contributed by atoms with Crippen LogP contribution in [-0.4, -0.2) is 33.1 Å². The zero-order chi connectivity index (χ0) is 22.8. The number of ether oxygens (including phenoxy) is 1. The number of H-pyrrole nitrogens is 1. The van der Waals surface area contributed by atoms with Crippen molar-refractivity contribution in [3.05, 3.63) is 54.2 Å². The number of rotatable bonds is 6. The normalized spacial score (nSPS) is 13.7. The zero-order valence-electron chi connectivity index (χ0n) is 18.0. The minimum atomic E-state index is -0.526. The fraction of sp³-hybridized carbons (Fsp3) is 0.250. The maximum Gasteiger partial charge on any atom is 0.231 e. The topological polar surface area (TPSA) is 112 Å². The average molecular weight is 443 g/mol. The number of benzene rings is 1. The summed E-state index contributed by atoms with van der Waals surface area (Å²) in [5, 5.41) is 16.9. The van der Waals surface area contributed by atoms with E-state index in [-0.39, 0.29) is 0 Å².